The van der Waals surface area contributed by atoms with Crippen molar-refractivity contribution < 1.29 is 9.90 Å². The molecule has 2 N–H and O–H groups in total. The van der Waals surface area contributed by atoms with E-state index in [1.165, 1.54) is 6.21 Å². The van der Waals surface area contributed by atoms with Crippen LogP contribution < -0.4 is 5.43 Å². The van der Waals surface area contributed by atoms with Crippen LogP contribution >= 0.6 is 0 Å². The molecule has 6 heteroatoms. The zero-order chi connectivity index (χ0) is 14.7. The Bertz CT molecular complexity index is 573. The molecule has 20 heavy (non-hydrogen) atoms. The fraction of sp³-hybridized carbons (Fsp3) is 0.429. The third-order valence-corrected chi connectivity index (χ3v) is 3.03. The van der Waals surface area contributed by atoms with Crippen LogP contribution in [-0.2, 0) is 4.79 Å². The second-order valence-corrected chi connectivity index (χ2v) is 5.14. The van der Waals surface area contributed by atoms with Crippen LogP contribution in [0.2, 0.25) is 0 Å². The van der Waals surface area contributed by atoms with E-state index in [0.29, 0.717) is 18.8 Å². The van der Waals surface area contributed by atoms with Crippen LogP contribution in [0, 0.1) is 19.8 Å². The predicted molar refractivity (Wildman–Crippen MR) is 76.7 cm³/mol. The van der Waals surface area contributed by atoms with Crippen molar-refractivity contribution in [3.63, 3.8) is 0 Å². The third-order valence-electron chi connectivity index (χ3n) is 3.03. The van der Waals surface area contributed by atoms with Gasteiger partial charge in [0.2, 0.25) is 5.95 Å². The first-order chi connectivity index (χ1) is 9.45. The summed E-state index contributed by atoms with van der Waals surface area (Å²) in [5.41, 5.74) is 4.61. The Balaban J connectivity index is 2.10. The number of rotatable bonds is 3. The van der Waals surface area contributed by atoms with Gasteiger partial charge in [-0.3, -0.25) is 4.79 Å². The monoisotopic (exact) mass is 274 g/mol. The maximum Gasteiger partial charge on any atom is 0.243 e. The lowest BCUT2D eigenvalue weighted by Gasteiger charge is -2.17. The molecule has 0 radical (unpaired) electrons. The minimum atomic E-state index is -0.0897. The SMILES string of the molecule is Cc1cc(C)nc(N/N=C\C2=C(O)C[C@H](C)CC2=O)n1. The minimum Gasteiger partial charge on any atom is -0.511 e. The number of Topliss-reactive ketones (excluding diaryl/α,β-unsaturated/α-hetero) is 1. The summed E-state index contributed by atoms with van der Waals surface area (Å²) in [7, 11) is 0. The molecule has 1 atom stereocenters. The quantitative estimate of drug-likeness (QED) is 0.652. The summed E-state index contributed by atoms with van der Waals surface area (Å²) >= 11 is 0. The molecule has 106 valence electrons. The van der Waals surface area contributed by atoms with E-state index in [2.05, 4.69) is 20.5 Å². The summed E-state index contributed by atoms with van der Waals surface area (Å²) in [5, 5.41) is 13.7. The second kappa shape index (κ2) is 5.81. The third kappa shape index (κ3) is 3.40. The van der Waals surface area contributed by atoms with Crippen molar-refractivity contribution in [3.8, 4) is 0 Å². The van der Waals surface area contributed by atoms with Crippen LogP contribution in [0.25, 0.3) is 0 Å². The number of aromatic nitrogens is 2. The topological polar surface area (TPSA) is 87.5 Å². The number of anilines is 1. The van der Waals surface area contributed by atoms with E-state index in [0.717, 1.165) is 11.4 Å². The molecule has 0 saturated carbocycles. The number of allylic oxidation sites excluding steroid dienone is 2. The number of nitrogens with zero attached hydrogens (tertiary/aromatic N) is 3. The van der Waals surface area contributed by atoms with Gasteiger partial charge in [0.15, 0.2) is 5.78 Å². The van der Waals surface area contributed by atoms with Crippen molar-refractivity contribution in [2.24, 2.45) is 11.0 Å². The van der Waals surface area contributed by atoms with Crippen molar-refractivity contribution in [1.29, 1.82) is 0 Å². The molecular weight excluding hydrogens is 256 g/mol. The average Bonchev–Trinajstić information content (AvgIpc) is 2.31. The van der Waals surface area contributed by atoms with E-state index in [-0.39, 0.29) is 23.0 Å². The van der Waals surface area contributed by atoms with Crippen molar-refractivity contribution in [3.05, 3.63) is 28.8 Å². The van der Waals surface area contributed by atoms with E-state index in [1.54, 1.807) is 0 Å². The fourth-order valence-corrected chi connectivity index (χ4v) is 2.18. The number of carbonyl (C=O) groups excluding carboxylic acids is 1. The van der Waals surface area contributed by atoms with Crippen LogP contribution in [0.5, 0.6) is 0 Å². The predicted octanol–water partition coefficient (Wildman–Crippen LogP) is 2.30. The lowest BCUT2D eigenvalue weighted by atomic mass is 9.89. The second-order valence-electron chi connectivity index (χ2n) is 5.14. The van der Waals surface area contributed by atoms with Crippen LogP contribution in [-0.4, -0.2) is 27.1 Å². The Kier molecular flexibility index (Phi) is 4.12. The van der Waals surface area contributed by atoms with Gasteiger partial charge in [0, 0.05) is 24.2 Å². The summed E-state index contributed by atoms with van der Waals surface area (Å²) in [6.07, 6.45) is 2.28. The van der Waals surface area contributed by atoms with Gasteiger partial charge in [0.25, 0.3) is 0 Å². The standard InChI is InChI=1S/C14H18N4O2/c1-8-4-12(19)11(13(20)5-8)7-15-18-14-16-9(2)6-10(3)17-14/h6-8,19H,4-5H2,1-3H3,(H,16,17,18)/b15-7-/t8-/m0/s1. The molecule has 0 unspecified atom stereocenters. The van der Waals surface area contributed by atoms with Gasteiger partial charge in [0.05, 0.1) is 11.8 Å². The number of aryl methyl sites for hydroxylation is 2. The van der Waals surface area contributed by atoms with Gasteiger partial charge in [-0.2, -0.15) is 5.10 Å². The highest BCUT2D eigenvalue weighted by atomic mass is 16.3. The van der Waals surface area contributed by atoms with Gasteiger partial charge in [-0.15, -0.1) is 0 Å². The first kappa shape index (κ1) is 14.2. The molecule has 1 aliphatic carbocycles. The molecule has 2 rings (SSSR count). The van der Waals surface area contributed by atoms with Crippen molar-refractivity contribution in [2.45, 2.75) is 33.6 Å². The lowest BCUT2D eigenvalue weighted by Crippen LogP contribution is -2.18. The zero-order valence-electron chi connectivity index (χ0n) is 11.8. The van der Waals surface area contributed by atoms with Gasteiger partial charge in [-0.1, -0.05) is 6.92 Å². The Hall–Kier alpha value is -2.24. The fourth-order valence-electron chi connectivity index (χ4n) is 2.18. The Morgan fingerprint density at radius 2 is 2.00 bits per heavy atom. The van der Waals surface area contributed by atoms with Gasteiger partial charge >= 0.3 is 0 Å². The molecule has 1 heterocycles. The lowest BCUT2D eigenvalue weighted by molar-refractivity contribution is -0.116. The van der Waals surface area contributed by atoms with E-state index >= 15 is 0 Å². The smallest absolute Gasteiger partial charge is 0.243 e. The number of carbonyl (C=O) groups is 1. The molecule has 1 aromatic heterocycles. The number of hydrogen-bond donors (Lipinski definition) is 2. The highest BCUT2D eigenvalue weighted by Gasteiger charge is 2.23. The Morgan fingerprint density at radius 1 is 1.35 bits per heavy atom. The van der Waals surface area contributed by atoms with Gasteiger partial charge in [-0.05, 0) is 25.8 Å². The molecule has 1 aromatic rings. The van der Waals surface area contributed by atoms with Gasteiger partial charge in [-0.25, -0.2) is 15.4 Å². The van der Waals surface area contributed by atoms with Crippen molar-refractivity contribution in [2.75, 3.05) is 5.43 Å². The molecule has 0 aromatic carbocycles. The number of hydrogen-bond acceptors (Lipinski definition) is 6. The maximum atomic E-state index is 11.8. The highest BCUT2D eigenvalue weighted by Crippen LogP contribution is 2.23. The molecule has 0 saturated heterocycles. The summed E-state index contributed by atoms with van der Waals surface area (Å²) < 4.78 is 0. The molecule has 0 aliphatic heterocycles. The van der Waals surface area contributed by atoms with E-state index < -0.39 is 0 Å². The summed E-state index contributed by atoms with van der Waals surface area (Å²) in [4.78, 5) is 20.1. The molecule has 0 spiro atoms. The van der Waals surface area contributed by atoms with E-state index in [9.17, 15) is 9.90 Å². The van der Waals surface area contributed by atoms with Crippen LogP contribution in [0.4, 0.5) is 5.95 Å². The van der Waals surface area contributed by atoms with Crippen LogP contribution in [0.15, 0.2) is 22.5 Å². The van der Waals surface area contributed by atoms with Crippen molar-refractivity contribution >= 4 is 17.9 Å². The maximum absolute atomic E-state index is 11.8. The van der Waals surface area contributed by atoms with Crippen LogP contribution in [0.3, 0.4) is 0 Å². The zero-order valence-corrected chi connectivity index (χ0v) is 11.8. The summed E-state index contributed by atoms with van der Waals surface area (Å²) in [5.74, 6) is 0.555. The highest BCUT2D eigenvalue weighted by molar-refractivity contribution is 6.14. The summed E-state index contributed by atoms with van der Waals surface area (Å²) in [6.45, 7) is 5.66. The minimum absolute atomic E-state index is 0.0897. The first-order valence-corrected chi connectivity index (χ1v) is 6.52. The number of hydrazone groups is 1. The number of nitrogens with one attached hydrogen (secondary N) is 1. The molecule has 1 aliphatic rings. The average molecular weight is 274 g/mol. The van der Waals surface area contributed by atoms with Gasteiger partial charge < -0.3 is 5.11 Å². The molecule has 6 nitrogen and oxygen atoms in total. The van der Waals surface area contributed by atoms with Crippen LogP contribution in [0.1, 0.15) is 31.2 Å². The molecule has 0 amide bonds. The molecule has 0 bridgehead atoms. The Labute approximate surface area is 117 Å². The number of aliphatic hydroxyl groups excluding tert-OH is 1. The first-order valence-electron chi connectivity index (χ1n) is 6.52. The Morgan fingerprint density at radius 3 is 2.60 bits per heavy atom. The number of ketones is 1. The molecular formula is C14H18N4O2. The van der Waals surface area contributed by atoms with E-state index in [1.807, 2.05) is 26.8 Å². The normalized spacial score (nSPS) is 19.8. The summed E-state index contributed by atoms with van der Waals surface area (Å²) in [6, 6.07) is 1.86. The van der Waals surface area contributed by atoms with Gasteiger partial charge in [0.1, 0.15) is 5.76 Å². The van der Waals surface area contributed by atoms with Crippen molar-refractivity contribution in [1.82, 2.24) is 9.97 Å². The molecule has 0 fully saturated rings. The number of aliphatic hydroxyl groups is 1. The van der Waals surface area contributed by atoms with E-state index in [4.69, 9.17) is 0 Å². The largest absolute Gasteiger partial charge is 0.511 e.